The largest absolute Gasteiger partial charge is 0.379 e. The smallest absolute Gasteiger partial charge is 0.0518 e. The summed E-state index contributed by atoms with van der Waals surface area (Å²) >= 11 is 0. The maximum atomic E-state index is 5.95. The Kier molecular flexibility index (Phi) is 5.45. The van der Waals surface area contributed by atoms with Crippen LogP contribution in [0.15, 0.2) is 0 Å². The first-order chi connectivity index (χ1) is 6.70. The Bertz CT molecular complexity index is 150. The third-order valence-corrected chi connectivity index (χ3v) is 2.75. The van der Waals surface area contributed by atoms with Crippen molar-refractivity contribution in [1.29, 1.82) is 0 Å². The van der Waals surface area contributed by atoms with Crippen molar-refractivity contribution in [2.75, 3.05) is 13.2 Å². The second kappa shape index (κ2) is 6.38. The summed E-state index contributed by atoms with van der Waals surface area (Å²) in [5.74, 6) is 0. The lowest BCUT2D eigenvalue weighted by Gasteiger charge is -2.17. The van der Waals surface area contributed by atoms with E-state index in [-0.39, 0.29) is 0 Å². The van der Waals surface area contributed by atoms with E-state index in [0.29, 0.717) is 18.2 Å². The van der Waals surface area contributed by atoms with E-state index in [4.69, 9.17) is 10.5 Å². The standard InChI is InChI=1S/C11H24N2O/c1-9(2)14-8-4-7-13-11-6-3-5-10(11)12/h9-11,13H,3-8,12H2,1-2H3/t10-,11-/m0/s1. The maximum Gasteiger partial charge on any atom is 0.0518 e. The van der Waals surface area contributed by atoms with Gasteiger partial charge in [0, 0.05) is 18.7 Å². The quantitative estimate of drug-likeness (QED) is 0.635. The maximum absolute atomic E-state index is 5.95. The van der Waals surface area contributed by atoms with Crippen LogP contribution in [0.3, 0.4) is 0 Å². The van der Waals surface area contributed by atoms with Gasteiger partial charge < -0.3 is 15.8 Å². The minimum absolute atomic E-state index is 0.351. The highest BCUT2D eigenvalue weighted by Crippen LogP contribution is 2.16. The van der Waals surface area contributed by atoms with Gasteiger partial charge in [0.15, 0.2) is 0 Å². The van der Waals surface area contributed by atoms with Gasteiger partial charge in [-0.2, -0.15) is 0 Å². The second-order valence-electron chi connectivity index (χ2n) is 4.43. The first-order valence-corrected chi connectivity index (χ1v) is 5.80. The molecule has 14 heavy (non-hydrogen) atoms. The zero-order valence-electron chi connectivity index (χ0n) is 9.46. The monoisotopic (exact) mass is 200 g/mol. The average molecular weight is 200 g/mol. The third-order valence-electron chi connectivity index (χ3n) is 2.75. The molecule has 1 aliphatic carbocycles. The summed E-state index contributed by atoms with van der Waals surface area (Å²) in [6.07, 6.45) is 5.14. The van der Waals surface area contributed by atoms with Gasteiger partial charge in [0.05, 0.1) is 6.10 Å². The van der Waals surface area contributed by atoms with Crippen molar-refractivity contribution in [1.82, 2.24) is 5.32 Å². The van der Waals surface area contributed by atoms with Crippen LogP contribution in [0.1, 0.15) is 39.5 Å². The molecule has 0 aromatic carbocycles. The fourth-order valence-corrected chi connectivity index (χ4v) is 1.92. The highest BCUT2D eigenvalue weighted by molar-refractivity contribution is 4.85. The summed E-state index contributed by atoms with van der Waals surface area (Å²) in [5.41, 5.74) is 5.95. The number of nitrogens with two attached hydrogens (primary N) is 1. The van der Waals surface area contributed by atoms with Crippen LogP contribution in [-0.2, 0) is 4.74 Å². The molecule has 0 aliphatic heterocycles. The van der Waals surface area contributed by atoms with Gasteiger partial charge in [-0.05, 0) is 39.7 Å². The molecule has 1 saturated carbocycles. The van der Waals surface area contributed by atoms with E-state index in [2.05, 4.69) is 19.2 Å². The molecule has 0 aromatic heterocycles. The number of nitrogens with one attached hydrogen (secondary N) is 1. The molecule has 0 radical (unpaired) electrons. The molecular formula is C11H24N2O. The van der Waals surface area contributed by atoms with Crippen molar-refractivity contribution in [3.05, 3.63) is 0 Å². The van der Waals surface area contributed by atoms with Gasteiger partial charge in [-0.15, -0.1) is 0 Å². The normalized spacial score (nSPS) is 27.4. The molecule has 0 saturated heterocycles. The van der Waals surface area contributed by atoms with Crippen LogP contribution >= 0.6 is 0 Å². The lowest BCUT2D eigenvalue weighted by atomic mass is 10.2. The Morgan fingerprint density at radius 1 is 1.43 bits per heavy atom. The highest BCUT2D eigenvalue weighted by atomic mass is 16.5. The number of rotatable bonds is 6. The van der Waals surface area contributed by atoms with E-state index in [1.54, 1.807) is 0 Å². The van der Waals surface area contributed by atoms with Crippen molar-refractivity contribution in [2.24, 2.45) is 5.73 Å². The van der Waals surface area contributed by atoms with Gasteiger partial charge in [-0.3, -0.25) is 0 Å². The van der Waals surface area contributed by atoms with Crippen molar-refractivity contribution in [2.45, 2.75) is 57.7 Å². The molecule has 0 bridgehead atoms. The summed E-state index contributed by atoms with van der Waals surface area (Å²) in [5, 5.41) is 3.50. The first-order valence-electron chi connectivity index (χ1n) is 5.80. The van der Waals surface area contributed by atoms with Gasteiger partial charge in [-0.25, -0.2) is 0 Å². The minimum atomic E-state index is 0.351. The van der Waals surface area contributed by atoms with Crippen molar-refractivity contribution < 1.29 is 4.74 Å². The Morgan fingerprint density at radius 2 is 2.21 bits per heavy atom. The number of hydrogen-bond donors (Lipinski definition) is 2. The van der Waals surface area contributed by atoms with E-state index in [1.165, 1.54) is 19.3 Å². The van der Waals surface area contributed by atoms with Crippen molar-refractivity contribution in [3.63, 3.8) is 0 Å². The molecule has 0 amide bonds. The lowest BCUT2D eigenvalue weighted by molar-refractivity contribution is 0.0766. The van der Waals surface area contributed by atoms with E-state index in [9.17, 15) is 0 Å². The second-order valence-corrected chi connectivity index (χ2v) is 4.43. The Balaban J connectivity index is 1.93. The lowest BCUT2D eigenvalue weighted by Crippen LogP contribution is -2.41. The van der Waals surface area contributed by atoms with E-state index in [1.807, 2.05) is 0 Å². The van der Waals surface area contributed by atoms with Gasteiger partial charge in [0.2, 0.25) is 0 Å². The summed E-state index contributed by atoms with van der Waals surface area (Å²) in [6.45, 7) is 6.03. The molecule has 0 heterocycles. The summed E-state index contributed by atoms with van der Waals surface area (Å²) < 4.78 is 5.46. The SMILES string of the molecule is CC(C)OCCCN[C@H]1CCC[C@@H]1N. The van der Waals surface area contributed by atoms with Crippen LogP contribution < -0.4 is 11.1 Å². The van der Waals surface area contributed by atoms with E-state index < -0.39 is 0 Å². The molecular weight excluding hydrogens is 176 g/mol. The molecule has 1 fully saturated rings. The van der Waals surface area contributed by atoms with Crippen LogP contribution in [0.2, 0.25) is 0 Å². The van der Waals surface area contributed by atoms with Crippen LogP contribution in [0.25, 0.3) is 0 Å². The van der Waals surface area contributed by atoms with Gasteiger partial charge in [0.1, 0.15) is 0 Å². The average Bonchev–Trinajstić information content (AvgIpc) is 2.51. The molecule has 84 valence electrons. The van der Waals surface area contributed by atoms with Crippen LogP contribution in [0, 0.1) is 0 Å². The zero-order valence-corrected chi connectivity index (χ0v) is 9.46. The van der Waals surface area contributed by atoms with Crippen molar-refractivity contribution >= 4 is 0 Å². The van der Waals surface area contributed by atoms with Gasteiger partial charge in [0.25, 0.3) is 0 Å². The molecule has 0 unspecified atom stereocenters. The Labute approximate surface area is 87.4 Å². The topological polar surface area (TPSA) is 47.3 Å². The van der Waals surface area contributed by atoms with Crippen LogP contribution in [0.5, 0.6) is 0 Å². The summed E-state index contributed by atoms with van der Waals surface area (Å²) in [6, 6.07) is 0.926. The van der Waals surface area contributed by atoms with Gasteiger partial charge >= 0.3 is 0 Å². The van der Waals surface area contributed by atoms with Crippen LogP contribution in [-0.4, -0.2) is 31.3 Å². The Morgan fingerprint density at radius 3 is 2.79 bits per heavy atom. The van der Waals surface area contributed by atoms with Crippen molar-refractivity contribution in [3.8, 4) is 0 Å². The molecule has 2 atom stereocenters. The van der Waals surface area contributed by atoms with Crippen LogP contribution in [0.4, 0.5) is 0 Å². The Hall–Kier alpha value is -0.120. The molecule has 3 heteroatoms. The number of ether oxygens (including phenoxy) is 1. The summed E-state index contributed by atoms with van der Waals surface area (Å²) in [7, 11) is 0. The molecule has 1 rings (SSSR count). The third kappa shape index (κ3) is 4.40. The first kappa shape index (κ1) is 12.0. The molecule has 0 spiro atoms. The zero-order chi connectivity index (χ0) is 10.4. The number of hydrogen-bond acceptors (Lipinski definition) is 3. The van der Waals surface area contributed by atoms with E-state index >= 15 is 0 Å². The predicted molar refractivity (Wildman–Crippen MR) is 59.3 cm³/mol. The fraction of sp³-hybridized carbons (Fsp3) is 1.00. The minimum Gasteiger partial charge on any atom is -0.379 e. The fourth-order valence-electron chi connectivity index (χ4n) is 1.92. The molecule has 3 N–H and O–H groups in total. The molecule has 0 aromatic rings. The molecule has 3 nitrogen and oxygen atoms in total. The van der Waals surface area contributed by atoms with E-state index in [0.717, 1.165) is 19.6 Å². The molecule has 1 aliphatic rings. The van der Waals surface area contributed by atoms with Gasteiger partial charge in [-0.1, -0.05) is 6.42 Å². The summed E-state index contributed by atoms with van der Waals surface area (Å²) in [4.78, 5) is 0. The highest BCUT2D eigenvalue weighted by Gasteiger charge is 2.22. The predicted octanol–water partition coefficient (Wildman–Crippen LogP) is 1.27.